The number of hydrogen-bond donors (Lipinski definition) is 1. The van der Waals surface area contributed by atoms with Crippen LogP contribution in [0.2, 0.25) is 0 Å². The van der Waals surface area contributed by atoms with E-state index in [1.807, 2.05) is 12.3 Å². The van der Waals surface area contributed by atoms with Crippen LogP contribution in [-0.4, -0.2) is 70.0 Å². The van der Waals surface area contributed by atoms with E-state index < -0.39 is 36.7 Å². The van der Waals surface area contributed by atoms with E-state index in [4.69, 9.17) is 18.9 Å². The molecule has 6 atom stereocenters. The average Bonchev–Trinajstić information content (AvgIpc) is 3.18. The van der Waals surface area contributed by atoms with Crippen LogP contribution in [0.3, 0.4) is 0 Å². The van der Waals surface area contributed by atoms with E-state index in [0.717, 1.165) is 18.5 Å². The first-order valence-corrected chi connectivity index (χ1v) is 10.1. The van der Waals surface area contributed by atoms with Gasteiger partial charge in [-0.1, -0.05) is 29.5 Å². The predicted octanol–water partition coefficient (Wildman–Crippen LogP) is 0.776. The standard InChI is InChI=1S/C20H27N3O6/c1-13(24)28-19-17(25)20-27-9-5-8-26-18(19)16(29-20)12-23-11-15(21-22-23)10-14-6-3-2-4-7-14/h2-4,6,11,14,16-20,25H,5,7-10,12H2,1H3. The van der Waals surface area contributed by atoms with Crippen LogP contribution in [0.15, 0.2) is 30.5 Å². The molecule has 0 amide bonds. The lowest BCUT2D eigenvalue weighted by Gasteiger charge is -2.42. The zero-order valence-corrected chi connectivity index (χ0v) is 16.4. The third-order valence-corrected chi connectivity index (χ3v) is 5.29. The van der Waals surface area contributed by atoms with Gasteiger partial charge in [-0.15, -0.1) is 5.10 Å². The smallest absolute Gasteiger partial charge is 0.303 e. The van der Waals surface area contributed by atoms with Crippen molar-refractivity contribution in [3.05, 3.63) is 36.2 Å². The lowest BCUT2D eigenvalue weighted by Crippen LogP contribution is -2.60. The molecule has 9 nitrogen and oxygen atoms in total. The number of fused-ring (bicyclic) bond motifs is 6. The van der Waals surface area contributed by atoms with E-state index in [-0.39, 0.29) is 0 Å². The van der Waals surface area contributed by atoms with Crippen molar-refractivity contribution in [2.45, 2.75) is 63.4 Å². The van der Waals surface area contributed by atoms with Crippen LogP contribution >= 0.6 is 0 Å². The first-order valence-electron chi connectivity index (χ1n) is 10.1. The Labute approximate surface area is 169 Å². The molecule has 0 spiro atoms. The van der Waals surface area contributed by atoms with Crippen molar-refractivity contribution in [1.82, 2.24) is 15.0 Å². The maximum atomic E-state index is 11.6. The van der Waals surface area contributed by atoms with Gasteiger partial charge < -0.3 is 24.1 Å². The predicted molar refractivity (Wildman–Crippen MR) is 101 cm³/mol. The van der Waals surface area contributed by atoms with Gasteiger partial charge >= 0.3 is 5.97 Å². The molecule has 5 rings (SSSR count). The number of aliphatic hydroxyl groups is 1. The normalized spacial score (nSPS) is 34.4. The molecule has 1 N–H and O–H groups in total. The highest BCUT2D eigenvalue weighted by Crippen LogP contribution is 2.29. The molecule has 3 fully saturated rings. The molecule has 0 saturated carbocycles. The van der Waals surface area contributed by atoms with Crippen molar-refractivity contribution < 1.29 is 28.8 Å². The molecule has 3 aliphatic heterocycles. The van der Waals surface area contributed by atoms with Gasteiger partial charge in [-0.3, -0.25) is 4.79 Å². The molecule has 4 heterocycles. The zero-order valence-electron chi connectivity index (χ0n) is 16.4. The molecule has 2 bridgehead atoms. The van der Waals surface area contributed by atoms with E-state index in [1.165, 1.54) is 6.92 Å². The van der Waals surface area contributed by atoms with Crippen LogP contribution in [0, 0.1) is 5.92 Å². The number of aromatic nitrogens is 3. The van der Waals surface area contributed by atoms with Gasteiger partial charge in [0.05, 0.1) is 18.8 Å². The van der Waals surface area contributed by atoms with Gasteiger partial charge in [0.25, 0.3) is 0 Å². The summed E-state index contributed by atoms with van der Waals surface area (Å²) in [5.74, 6) is -0.0681. The highest BCUT2D eigenvalue weighted by molar-refractivity contribution is 5.66. The molecular weight excluding hydrogens is 378 g/mol. The minimum Gasteiger partial charge on any atom is -0.457 e. The number of aliphatic hydroxyl groups excluding tert-OH is 1. The first-order chi connectivity index (χ1) is 14.1. The minimum absolute atomic E-state index is 0.350. The van der Waals surface area contributed by atoms with Crippen LogP contribution in [0.25, 0.3) is 0 Å². The fraction of sp³-hybridized carbons (Fsp3) is 0.650. The summed E-state index contributed by atoms with van der Waals surface area (Å²) in [5, 5.41) is 19.0. The quantitative estimate of drug-likeness (QED) is 0.717. The van der Waals surface area contributed by atoms with Crippen LogP contribution in [0.5, 0.6) is 0 Å². The summed E-state index contributed by atoms with van der Waals surface area (Å²) in [5.41, 5.74) is 0.900. The van der Waals surface area contributed by atoms with Gasteiger partial charge in [-0.05, 0) is 25.2 Å². The SMILES string of the molecule is CC(=O)OC1C(O)C2OCCCOC1C(Cn1cc(CC3C=CC=CC3)nn1)O2. The number of carbonyl (C=O) groups excluding carboxylic acids is 1. The van der Waals surface area contributed by atoms with E-state index in [1.54, 1.807) is 4.68 Å². The molecule has 3 saturated heterocycles. The number of ether oxygens (including phenoxy) is 4. The highest BCUT2D eigenvalue weighted by atomic mass is 16.7. The molecule has 6 unspecified atom stereocenters. The van der Waals surface area contributed by atoms with Crippen molar-refractivity contribution in [2.75, 3.05) is 13.2 Å². The van der Waals surface area contributed by atoms with Gasteiger partial charge in [0.1, 0.15) is 18.3 Å². The van der Waals surface area contributed by atoms with Gasteiger partial charge in [0.2, 0.25) is 0 Å². The summed E-state index contributed by atoms with van der Waals surface area (Å²) in [4.78, 5) is 11.6. The monoisotopic (exact) mass is 405 g/mol. The molecule has 0 radical (unpaired) electrons. The average molecular weight is 405 g/mol. The Morgan fingerprint density at radius 2 is 2.21 bits per heavy atom. The fourth-order valence-corrected chi connectivity index (χ4v) is 3.94. The third-order valence-electron chi connectivity index (χ3n) is 5.29. The Balaban J connectivity index is 1.47. The summed E-state index contributed by atoms with van der Waals surface area (Å²) in [6.45, 7) is 2.47. The van der Waals surface area contributed by atoms with Gasteiger partial charge in [-0.25, -0.2) is 4.68 Å². The van der Waals surface area contributed by atoms with Crippen LogP contribution in [0.4, 0.5) is 0 Å². The van der Waals surface area contributed by atoms with Gasteiger partial charge in [0, 0.05) is 19.7 Å². The van der Waals surface area contributed by atoms with Crippen LogP contribution < -0.4 is 0 Å². The number of esters is 1. The van der Waals surface area contributed by atoms with Crippen LogP contribution in [-0.2, 0) is 36.7 Å². The van der Waals surface area contributed by atoms with E-state index in [2.05, 4.69) is 28.5 Å². The number of nitrogens with zero attached hydrogens (tertiary/aromatic N) is 3. The highest BCUT2D eigenvalue weighted by Gasteiger charge is 2.49. The summed E-state index contributed by atoms with van der Waals surface area (Å²) in [6, 6.07) is 0. The Hall–Kier alpha value is -2.07. The number of allylic oxidation sites excluding steroid dienone is 4. The van der Waals surface area contributed by atoms with Crippen LogP contribution in [0.1, 0.15) is 25.5 Å². The molecule has 1 aliphatic carbocycles. The Kier molecular flexibility index (Phi) is 6.39. The van der Waals surface area contributed by atoms with Crippen molar-refractivity contribution in [3.8, 4) is 0 Å². The molecule has 0 aromatic carbocycles. The number of rotatable bonds is 5. The van der Waals surface area contributed by atoms with Gasteiger partial charge in [0.15, 0.2) is 12.4 Å². The molecule has 4 aliphatic rings. The van der Waals surface area contributed by atoms with Gasteiger partial charge in [-0.2, -0.15) is 0 Å². The third kappa shape index (κ3) is 4.92. The van der Waals surface area contributed by atoms with E-state index in [9.17, 15) is 9.90 Å². The number of carbonyl (C=O) groups is 1. The van der Waals surface area contributed by atoms with Crippen molar-refractivity contribution in [2.24, 2.45) is 5.92 Å². The molecule has 158 valence electrons. The molecule has 1 aromatic rings. The summed E-state index contributed by atoms with van der Waals surface area (Å²) >= 11 is 0. The molecular formula is C20H27N3O6. The largest absolute Gasteiger partial charge is 0.457 e. The minimum atomic E-state index is -1.12. The van der Waals surface area contributed by atoms with Crippen molar-refractivity contribution in [3.63, 3.8) is 0 Å². The van der Waals surface area contributed by atoms with Crippen molar-refractivity contribution >= 4 is 5.97 Å². The van der Waals surface area contributed by atoms with E-state index >= 15 is 0 Å². The lowest BCUT2D eigenvalue weighted by molar-refractivity contribution is -0.298. The topological polar surface area (TPSA) is 105 Å². The second-order valence-electron chi connectivity index (χ2n) is 7.61. The summed E-state index contributed by atoms with van der Waals surface area (Å²) in [6.07, 6.45) is 8.81. The van der Waals surface area contributed by atoms with Crippen molar-refractivity contribution in [1.29, 1.82) is 0 Å². The zero-order chi connectivity index (χ0) is 20.2. The lowest BCUT2D eigenvalue weighted by atomic mass is 9.96. The Bertz CT molecular complexity index is 763. The Morgan fingerprint density at radius 3 is 3.00 bits per heavy atom. The second-order valence-corrected chi connectivity index (χ2v) is 7.61. The summed E-state index contributed by atoms with van der Waals surface area (Å²) in [7, 11) is 0. The summed E-state index contributed by atoms with van der Waals surface area (Å²) < 4.78 is 24.6. The van der Waals surface area contributed by atoms with E-state index in [0.29, 0.717) is 32.1 Å². The Morgan fingerprint density at radius 1 is 1.34 bits per heavy atom. The maximum absolute atomic E-state index is 11.6. The molecule has 1 aromatic heterocycles. The first kappa shape index (κ1) is 20.2. The maximum Gasteiger partial charge on any atom is 0.303 e. The molecule has 29 heavy (non-hydrogen) atoms. The number of hydrogen-bond acceptors (Lipinski definition) is 8. The second kappa shape index (κ2) is 9.17. The molecule has 9 heteroatoms. The fourth-order valence-electron chi connectivity index (χ4n) is 3.94.